The summed E-state index contributed by atoms with van der Waals surface area (Å²) in [5.41, 5.74) is 4.33. The van der Waals surface area contributed by atoms with Crippen molar-refractivity contribution in [3.05, 3.63) is 0 Å². The van der Waals surface area contributed by atoms with E-state index in [0.717, 1.165) is 51.4 Å². The zero-order valence-corrected chi connectivity index (χ0v) is 30.1. The predicted octanol–water partition coefficient (Wildman–Crippen LogP) is 3.39. The molecule has 6 amide bonds. The molecule has 0 spiro atoms. The monoisotopic (exact) mass is 676 g/mol. The van der Waals surface area contributed by atoms with Crippen molar-refractivity contribution in [3.63, 3.8) is 0 Å². The van der Waals surface area contributed by atoms with Crippen molar-refractivity contribution in [1.29, 1.82) is 0 Å². The summed E-state index contributed by atoms with van der Waals surface area (Å²) in [5.74, 6) is -2.67. The molecule has 1 aliphatic heterocycles. The summed E-state index contributed by atoms with van der Waals surface area (Å²) < 4.78 is 5.35. The number of hydrogen-bond acceptors (Lipinski definition) is 7. The Bertz CT molecular complexity index is 1170. The second-order valence-corrected chi connectivity index (χ2v) is 15.8. The van der Waals surface area contributed by atoms with Crippen molar-refractivity contribution in [2.75, 3.05) is 19.7 Å². The number of alkyl carbamates (subject to hydrolysis) is 1. The number of carbonyl (C=O) groups excluding carboxylic acids is 6. The number of amides is 6. The van der Waals surface area contributed by atoms with Crippen LogP contribution < -0.4 is 27.0 Å². The number of ether oxygens (including phenoxy) is 1. The van der Waals surface area contributed by atoms with E-state index in [1.54, 1.807) is 11.8 Å². The lowest BCUT2D eigenvalue weighted by Crippen LogP contribution is -2.63. The second-order valence-electron chi connectivity index (χ2n) is 15.8. The van der Waals surface area contributed by atoms with Gasteiger partial charge >= 0.3 is 12.1 Å². The highest BCUT2D eigenvalue weighted by molar-refractivity contribution is 6.37. The average Bonchev–Trinajstić information content (AvgIpc) is 3.44. The lowest BCUT2D eigenvalue weighted by Gasteiger charge is -2.43. The number of urea groups is 1. The number of Topliss-reactive ketones (excluding diaryl/α,β-unsaturated/α-hetero) is 1. The van der Waals surface area contributed by atoms with E-state index in [1.165, 1.54) is 0 Å². The van der Waals surface area contributed by atoms with Gasteiger partial charge in [-0.15, -0.1) is 0 Å². The number of primary amides is 1. The van der Waals surface area contributed by atoms with E-state index in [2.05, 4.69) is 21.3 Å². The van der Waals surface area contributed by atoms with Gasteiger partial charge in [-0.3, -0.25) is 19.2 Å². The summed E-state index contributed by atoms with van der Waals surface area (Å²) in [4.78, 5) is 80.7. The highest BCUT2D eigenvalue weighted by atomic mass is 16.5. The highest BCUT2D eigenvalue weighted by Gasteiger charge is 2.50. The van der Waals surface area contributed by atoms with Gasteiger partial charge < -0.3 is 36.6 Å². The largest absolute Gasteiger partial charge is 0.447 e. The first kappa shape index (κ1) is 39.1. The molecule has 1 saturated heterocycles. The number of ketones is 1. The van der Waals surface area contributed by atoms with Gasteiger partial charge in [0.2, 0.25) is 17.6 Å². The molecule has 1 unspecified atom stereocenters. The maximum atomic E-state index is 14.7. The number of nitrogens with one attached hydrogen (secondary N) is 4. The van der Waals surface area contributed by atoms with Crippen LogP contribution >= 0.6 is 0 Å². The van der Waals surface area contributed by atoms with Crippen molar-refractivity contribution >= 4 is 35.6 Å². The number of likely N-dealkylation sites (tertiary alicyclic amines) is 1. The number of carbonyl (C=O) groups is 6. The molecule has 13 heteroatoms. The fraction of sp³-hybridized carbons (Fsp3) is 0.829. The van der Waals surface area contributed by atoms with Gasteiger partial charge in [-0.25, -0.2) is 9.59 Å². The van der Waals surface area contributed by atoms with E-state index < -0.39 is 64.7 Å². The molecular weight excluding hydrogens is 616 g/mol. The van der Waals surface area contributed by atoms with E-state index in [4.69, 9.17) is 10.5 Å². The number of hydrogen-bond donors (Lipinski definition) is 5. The SMILES string of the molecule is CCNC(=O)OC[C@@H](NC(=O)N[C@H](C(=O)N1CC[C@H](C(C)C)[C@H]1C(=O)NC(CC1CCC1)C(=O)C(N)=O)C1(C)CCCCC1)C(C)(C)C. The summed E-state index contributed by atoms with van der Waals surface area (Å²) in [6.45, 7) is 14.2. The quantitative estimate of drug-likeness (QED) is 0.174. The van der Waals surface area contributed by atoms with Crippen LogP contribution in [0.25, 0.3) is 0 Å². The molecule has 0 bridgehead atoms. The number of rotatable bonds is 14. The van der Waals surface area contributed by atoms with E-state index >= 15 is 0 Å². The average molecular weight is 677 g/mol. The Morgan fingerprint density at radius 3 is 2.10 bits per heavy atom. The molecule has 3 rings (SSSR count). The van der Waals surface area contributed by atoms with Crippen LogP contribution in [0.3, 0.4) is 0 Å². The van der Waals surface area contributed by atoms with Crippen LogP contribution in [0.1, 0.15) is 113 Å². The fourth-order valence-corrected chi connectivity index (χ4v) is 7.36. The molecule has 2 saturated carbocycles. The number of nitrogens with zero attached hydrogens (tertiary/aromatic N) is 1. The Balaban J connectivity index is 1.88. The Labute approximate surface area is 286 Å². The van der Waals surface area contributed by atoms with Crippen LogP contribution in [-0.2, 0) is 23.9 Å². The molecular formula is C35H60N6O7. The Kier molecular flexibility index (Phi) is 13.7. The molecule has 272 valence electrons. The normalized spacial score (nSPS) is 22.9. The predicted molar refractivity (Wildman–Crippen MR) is 181 cm³/mol. The molecule has 1 heterocycles. The van der Waals surface area contributed by atoms with Gasteiger partial charge in [-0.2, -0.15) is 0 Å². The maximum absolute atomic E-state index is 14.7. The standard InChI is InChI=1S/C35H60N6O7/c1-8-37-33(47)48-20-25(34(4,5)6)39-32(46)40-28(35(7)16-10-9-11-17-35)31(45)41-18-15-23(21(2)3)26(41)30(44)38-24(27(42)29(36)43)19-22-13-12-14-22/h21-26,28H,8-20H2,1-7H3,(H2,36,43)(H,37,47)(H,38,44)(H2,39,40,46)/t23-,24?,25-,26+,28-/m1/s1. The molecule has 0 aromatic carbocycles. The lowest BCUT2D eigenvalue weighted by molar-refractivity contribution is -0.145. The van der Waals surface area contributed by atoms with Gasteiger partial charge in [0.05, 0.1) is 12.1 Å². The zero-order valence-electron chi connectivity index (χ0n) is 30.1. The minimum Gasteiger partial charge on any atom is -0.447 e. The van der Waals surface area contributed by atoms with E-state index in [9.17, 15) is 28.8 Å². The first-order chi connectivity index (χ1) is 22.5. The maximum Gasteiger partial charge on any atom is 0.407 e. The van der Waals surface area contributed by atoms with Crippen molar-refractivity contribution in [3.8, 4) is 0 Å². The fourth-order valence-electron chi connectivity index (χ4n) is 7.36. The molecule has 3 aliphatic rings. The summed E-state index contributed by atoms with van der Waals surface area (Å²) in [6, 6.07) is -3.97. The minimum absolute atomic E-state index is 0.0490. The molecule has 2 aliphatic carbocycles. The first-order valence-electron chi connectivity index (χ1n) is 17.9. The van der Waals surface area contributed by atoms with Gasteiger partial charge in [-0.1, -0.05) is 80.1 Å². The van der Waals surface area contributed by atoms with Gasteiger partial charge in [0.1, 0.15) is 18.7 Å². The first-order valence-corrected chi connectivity index (χ1v) is 17.9. The third-order valence-corrected chi connectivity index (χ3v) is 10.8. The van der Waals surface area contributed by atoms with Crippen LogP contribution in [0.15, 0.2) is 0 Å². The van der Waals surface area contributed by atoms with Gasteiger partial charge in [0.15, 0.2) is 0 Å². The molecule has 48 heavy (non-hydrogen) atoms. The minimum atomic E-state index is -1.09. The molecule has 5 atom stereocenters. The second kappa shape index (κ2) is 16.8. The van der Waals surface area contributed by atoms with Gasteiger partial charge in [-0.05, 0) is 61.2 Å². The van der Waals surface area contributed by atoms with Crippen molar-refractivity contribution < 1.29 is 33.5 Å². The Hall–Kier alpha value is -3.38. The van der Waals surface area contributed by atoms with Crippen molar-refractivity contribution in [1.82, 2.24) is 26.2 Å². The molecule has 3 fully saturated rings. The summed E-state index contributed by atoms with van der Waals surface area (Å²) in [5, 5.41) is 11.3. The molecule has 0 radical (unpaired) electrons. The van der Waals surface area contributed by atoms with Crippen LogP contribution in [-0.4, -0.2) is 84.4 Å². The van der Waals surface area contributed by atoms with E-state index in [0.29, 0.717) is 25.9 Å². The Morgan fingerprint density at radius 2 is 1.58 bits per heavy atom. The smallest absolute Gasteiger partial charge is 0.407 e. The van der Waals surface area contributed by atoms with E-state index in [1.807, 2.05) is 41.5 Å². The van der Waals surface area contributed by atoms with Crippen LogP contribution in [0.5, 0.6) is 0 Å². The molecule has 6 N–H and O–H groups in total. The van der Waals surface area contributed by atoms with Crippen molar-refractivity contribution in [2.24, 2.45) is 34.3 Å². The molecule has 0 aromatic heterocycles. The van der Waals surface area contributed by atoms with Gasteiger partial charge in [0.25, 0.3) is 5.91 Å². The molecule has 0 aromatic rings. The Morgan fingerprint density at radius 1 is 0.938 bits per heavy atom. The number of nitrogens with two attached hydrogens (primary N) is 1. The summed E-state index contributed by atoms with van der Waals surface area (Å²) in [6.07, 6.45) is 7.51. The van der Waals surface area contributed by atoms with Gasteiger partial charge in [0, 0.05) is 13.1 Å². The summed E-state index contributed by atoms with van der Waals surface area (Å²) >= 11 is 0. The van der Waals surface area contributed by atoms with Crippen LogP contribution in [0, 0.1) is 28.6 Å². The zero-order chi connectivity index (χ0) is 35.8. The topological polar surface area (TPSA) is 189 Å². The summed E-state index contributed by atoms with van der Waals surface area (Å²) in [7, 11) is 0. The van der Waals surface area contributed by atoms with Crippen molar-refractivity contribution in [2.45, 2.75) is 137 Å². The highest BCUT2D eigenvalue weighted by Crippen LogP contribution is 2.41. The third-order valence-electron chi connectivity index (χ3n) is 10.8. The van der Waals surface area contributed by atoms with Crippen LogP contribution in [0.4, 0.5) is 9.59 Å². The lowest BCUT2D eigenvalue weighted by atomic mass is 9.70. The third kappa shape index (κ3) is 10.1. The van der Waals surface area contributed by atoms with E-state index in [-0.39, 0.29) is 30.3 Å². The molecule has 13 nitrogen and oxygen atoms in total. The van der Waals surface area contributed by atoms with Crippen LogP contribution in [0.2, 0.25) is 0 Å².